The van der Waals surface area contributed by atoms with Crippen LogP contribution in [0.1, 0.15) is 51.4 Å². The lowest BCUT2D eigenvalue weighted by Crippen LogP contribution is -2.31. The Kier molecular flexibility index (Phi) is 8.08. The number of hydrogen-bond acceptors (Lipinski definition) is 5. The lowest BCUT2D eigenvalue weighted by molar-refractivity contribution is -0.121. The van der Waals surface area contributed by atoms with Crippen LogP contribution in [0, 0.1) is 5.92 Å². The maximum Gasteiger partial charge on any atom is 0.330 e. The van der Waals surface area contributed by atoms with Crippen LogP contribution in [-0.2, 0) is 30.8 Å². The zero-order valence-corrected chi connectivity index (χ0v) is 19.8. The number of amides is 1. The first-order valence-corrected chi connectivity index (χ1v) is 11.5. The summed E-state index contributed by atoms with van der Waals surface area (Å²) in [5, 5.41) is 2.92. The molecule has 0 aliphatic heterocycles. The Balaban J connectivity index is 1.82. The van der Waals surface area contributed by atoms with Crippen LogP contribution in [0.2, 0.25) is 0 Å². The van der Waals surface area contributed by atoms with Gasteiger partial charge in [0.15, 0.2) is 11.2 Å². The van der Waals surface area contributed by atoms with Crippen molar-refractivity contribution < 1.29 is 9.53 Å². The molecule has 2 N–H and O–H groups in total. The van der Waals surface area contributed by atoms with Crippen molar-refractivity contribution in [2.75, 3.05) is 7.11 Å². The van der Waals surface area contributed by atoms with Crippen LogP contribution in [0.5, 0.6) is 5.75 Å². The standard InChI is InChI=1S/C24H33N5O4/c1-5-6-12-28-22-21(23(31)27-24(28)32)29(15-16(2)3)19(26-22)10-11-20(30)25-14-17-8-7-9-18(13-17)33-4/h7-9,13,16H,5-6,10-12,14-15H2,1-4H3,(H,25,30)(H,27,31,32). The third-order valence-corrected chi connectivity index (χ3v) is 5.45. The number of nitrogens with zero attached hydrogens (tertiary/aromatic N) is 3. The maximum atomic E-state index is 12.7. The average molecular weight is 456 g/mol. The summed E-state index contributed by atoms with van der Waals surface area (Å²) in [6, 6.07) is 7.54. The quantitative estimate of drug-likeness (QED) is 0.462. The van der Waals surface area contributed by atoms with Crippen molar-refractivity contribution in [3.05, 3.63) is 56.5 Å². The molecule has 3 rings (SSSR count). The van der Waals surface area contributed by atoms with E-state index in [0.29, 0.717) is 43.0 Å². The van der Waals surface area contributed by atoms with Crippen LogP contribution < -0.4 is 21.3 Å². The number of aryl methyl sites for hydroxylation is 2. The number of imidazole rings is 1. The van der Waals surface area contributed by atoms with E-state index in [1.165, 1.54) is 4.57 Å². The Morgan fingerprint density at radius 2 is 2.03 bits per heavy atom. The Labute approximate surface area is 192 Å². The van der Waals surface area contributed by atoms with Gasteiger partial charge in [0.2, 0.25) is 5.91 Å². The Bertz CT molecular complexity index is 1220. The molecule has 0 saturated carbocycles. The summed E-state index contributed by atoms with van der Waals surface area (Å²) in [5.74, 6) is 1.52. The highest BCUT2D eigenvalue weighted by Gasteiger charge is 2.19. The minimum absolute atomic E-state index is 0.113. The molecule has 0 unspecified atom stereocenters. The number of carbonyl (C=O) groups excluding carboxylic acids is 1. The zero-order chi connectivity index (χ0) is 24.0. The zero-order valence-electron chi connectivity index (χ0n) is 19.8. The lowest BCUT2D eigenvalue weighted by Gasteiger charge is -2.12. The van der Waals surface area contributed by atoms with Crippen LogP contribution >= 0.6 is 0 Å². The molecule has 0 saturated heterocycles. The molecule has 178 valence electrons. The Morgan fingerprint density at radius 1 is 1.24 bits per heavy atom. The van der Waals surface area contributed by atoms with E-state index in [0.717, 1.165) is 24.2 Å². The van der Waals surface area contributed by atoms with Gasteiger partial charge in [-0.2, -0.15) is 0 Å². The van der Waals surface area contributed by atoms with Gasteiger partial charge in [0.1, 0.15) is 11.6 Å². The summed E-state index contributed by atoms with van der Waals surface area (Å²) in [5.41, 5.74) is 0.847. The van der Waals surface area contributed by atoms with Crippen molar-refractivity contribution in [3.8, 4) is 5.75 Å². The first kappa shape index (κ1) is 24.3. The highest BCUT2D eigenvalue weighted by Crippen LogP contribution is 2.16. The summed E-state index contributed by atoms with van der Waals surface area (Å²) >= 11 is 0. The molecular weight excluding hydrogens is 422 g/mol. The third-order valence-electron chi connectivity index (χ3n) is 5.45. The predicted octanol–water partition coefficient (Wildman–Crippen LogP) is 2.60. The molecule has 0 bridgehead atoms. The van der Waals surface area contributed by atoms with E-state index in [-0.39, 0.29) is 18.2 Å². The number of nitrogens with one attached hydrogen (secondary N) is 2. The number of aromatic nitrogens is 4. The minimum atomic E-state index is -0.447. The van der Waals surface area contributed by atoms with Gasteiger partial charge in [-0.25, -0.2) is 9.78 Å². The van der Waals surface area contributed by atoms with Gasteiger partial charge in [-0.3, -0.25) is 19.1 Å². The number of hydrogen-bond donors (Lipinski definition) is 2. The monoisotopic (exact) mass is 455 g/mol. The van der Waals surface area contributed by atoms with Gasteiger partial charge in [0.05, 0.1) is 7.11 Å². The fourth-order valence-corrected chi connectivity index (χ4v) is 3.79. The fraction of sp³-hybridized carbons (Fsp3) is 0.500. The number of carbonyl (C=O) groups is 1. The van der Waals surface area contributed by atoms with Gasteiger partial charge >= 0.3 is 5.69 Å². The van der Waals surface area contributed by atoms with Gasteiger partial charge in [-0.1, -0.05) is 39.3 Å². The van der Waals surface area contributed by atoms with Crippen LogP contribution in [0.15, 0.2) is 33.9 Å². The molecule has 33 heavy (non-hydrogen) atoms. The molecule has 0 aliphatic rings. The maximum absolute atomic E-state index is 12.7. The molecule has 2 heterocycles. The van der Waals surface area contributed by atoms with Crippen LogP contribution in [0.25, 0.3) is 11.2 Å². The number of unbranched alkanes of at least 4 members (excludes halogenated alkanes) is 1. The summed E-state index contributed by atoms with van der Waals surface area (Å²) in [7, 11) is 1.60. The van der Waals surface area contributed by atoms with Gasteiger partial charge in [0, 0.05) is 32.5 Å². The van der Waals surface area contributed by atoms with Crippen LogP contribution in [0.4, 0.5) is 0 Å². The van der Waals surface area contributed by atoms with E-state index >= 15 is 0 Å². The topological polar surface area (TPSA) is 111 Å². The van der Waals surface area contributed by atoms with E-state index in [2.05, 4.69) is 29.1 Å². The first-order valence-electron chi connectivity index (χ1n) is 11.5. The van der Waals surface area contributed by atoms with Crippen LogP contribution in [-0.4, -0.2) is 32.1 Å². The number of aromatic amines is 1. The Hall–Kier alpha value is -3.36. The lowest BCUT2D eigenvalue weighted by atomic mass is 10.2. The van der Waals surface area contributed by atoms with Crippen molar-refractivity contribution in [1.29, 1.82) is 0 Å². The Morgan fingerprint density at radius 3 is 2.73 bits per heavy atom. The number of H-pyrrole nitrogens is 1. The highest BCUT2D eigenvalue weighted by atomic mass is 16.5. The van der Waals surface area contributed by atoms with Gasteiger partial charge in [-0.15, -0.1) is 0 Å². The number of fused-ring (bicyclic) bond motifs is 1. The van der Waals surface area contributed by atoms with E-state index in [9.17, 15) is 14.4 Å². The molecule has 0 fully saturated rings. The average Bonchev–Trinajstić information content (AvgIpc) is 3.14. The third kappa shape index (κ3) is 5.91. The summed E-state index contributed by atoms with van der Waals surface area (Å²) in [4.78, 5) is 44.7. The number of rotatable bonds is 11. The van der Waals surface area contributed by atoms with Crippen LogP contribution in [0.3, 0.4) is 0 Å². The van der Waals surface area contributed by atoms with E-state index in [1.54, 1.807) is 7.11 Å². The van der Waals surface area contributed by atoms with Crippen molar-refractivity contribution in [3.63, 3.8) is 0 Å². The molecule has 0 aliphatic carbocycles. The normalized spacial score (nSPS) is 11.3. The molecule has 9 heteroatoms. The van der Waals surface area contributed by atoms with E-state index < -0.39 is 11.2 Å². The fourth-order valence-electron chi connectivity index (χ4n) is 3.79. The molecule has 0 spiro atoms. The second-order valence-corrected chi connectivity index (χ2v) is 8.60. The first-order chi connectivity index (χ1) is 15.8. The summed E-state index contributed by atoms with van der Waals surface area (Å²) in [6.45, 7) is 7.61. The van der Waals surface area contributed by atoms with Crippen molar-refractivity contribution in [1.82, 2.24) is 24.4 Å². The molecule has 2 aromatic heterocycles. The van der Waals surface area contributed by atoms with Gasteiger partial charge in [-0.05, 0) is 30.0 Å². The number of benzene rings is 1. The van der Waals surface area contributed by atoms with Gasteiger partial charge < -0.3 is 14.6 Å². The molecule has 0 atom stereocenters. The van der Waals surface area contributed by atoms with Crippen molar-refractivity contribution >= 4 is 17.1 Å². The summed E-state index contributed by atoms with van der Waals surface area (Å²) in [6.07, 6.45) is 2.31. The van der Waals surface area contributed by atoms with E-state index in [1.807, 2.05) is 35.8 Å². The number of ether oxygens (including phenoxy) is 1. The second-order valence-electron chi connectivity index (χ2n) is 8.60. The SMILES string of the molecule is CCCCn1c(=O)[nH]c(=O)c2c1nc(CCC(=O)NCc1cccc(OC)c1)n2CC(C)C. The van der Waals surface area contributed by atoms with E-state index in [4.69, 9.17) is 4.74 Å². The minimum Gasteiger partial charge on any atom is -0.497 e. The molecule has 3 aromatic rings. The number of methoxy groups -OCH3 is 1. The predicted molar refractivity (Wildman–Crippen MR) is 128 cm³/mol. The molecule has 1 aromatic carbocycles. The summed E-state index contributed by atoms with van der Waals surface area (Å²) < 4.78 is 8.61. The largest absolute Gasteiger partial charge is 0.497 e. The van der Waals surface area contributed by atoms with Gasteiger partial charge in [0.25, 0.3) is 5.56 Å². The molecule has 9 nitrogen and oxygen atoms in total. The highest BCUT2D eigenvalue weighted by molar-refractivity contribution is 5.76. The molecular formula is C24H33N5O4. The molecule has 0 radical (unpaired) electrons. The van der Waals surface area contributed by atoms with Crippen molar-refractivity contribution in [2.45, 2.75) is 66.1 Å². The molecule has 1 amide bonds. The van der Waals surface area contributed by atoms with Crippen molar-refractivity contribution in [2.24, 2.45) is 5.92 Å². The second kappa shape index (κ2) is 11.0. The smallest absolute Gasteiger partial charge is 0.330 e.